The van der Waals surface area contributed by atoms with Crippen LogP contribution in [-0.2, 0) is 0 Å². The summed E-state index contributed by atoms with van der Waals surface area (Å²) in [5.41, 5.74) is 0.883. The highest BCUT2D eigenvalue weighted by atomic mass is 32.1. The molecule has 60 valence electrons. The Balaban J connectivity index is 2.43. The van der Waals surface area contributed by atoms with Crippen LogP contribution in [0.2, 0.25) is 0 Å². The van der Waals surface area contributed by atoms with Gasteiger partial charge in [-0.1, -0.05) is 19.1 Å². The number of hydrogen-bond acceptors (Lipinski definition) is 2. The van der Waals surface area contributed by atoms with Crippen molar-refractivity contribution in [2.24, 2.45) is 0 Å². The van der Waals surface area contributed by atoms with Crippen LogP contribution < -0.4 is 5.32 Å². The van der Waals surface area contributed by atoms with Crippen LogP contribution in [0.25, 0.3) is 0 Å². The van der Waals surface area contributed by atoms with Crippen molar-refractivity contribution in [1.29, 1.82) is 0 Å². The summed E-state index contributed by atoms with van der Waals surface area (Å²) in [6.45, 7) is 3.01. The molecule has 0 aliphatic carbocycles. The third-order valence-electron chi connectivity index (χ3n) is 1.28. The molecule has 11 heavy (non-hydrogen) atoms. The van der Waals surface area contributed by atoms with Gasteiger partial charge in [0.1, 0.15) is 4.99 Å². The highest BCUT2D eigenvalue weighted by molar-refractivity contribution is 7.80. The zero-order valence-corrected chi connectivity index (χ0v) is 7.24. The van der Waals surface area contributed by atoms with Crippen molar-refractivity contribution >= 4 is 17.2 Å². The second-order valence-corrected chi connectivity index (χ2v) is 2.63. The zero-order valence-electron chi connectivity index (χ0n) is 6.42. The summed E-state index contributed by atoms with van der Waals surface area (Å²) >= 11 is 5.06. The number of imidazole rings is 1. The van der Waals surface area contributed by atoms with Crippen molar-refractivity contribution in [3.63, 3.8) is 0 Å². The van der Waals surface area contributed by atoms with Crippen LogP contribution in [0.5, 0.6) is 0 Å². The molecule has 0 fully saturated rings. The van der Waals surface area contributed by atoms with E-state index in [0.29, 0.717) is 0 Å². The van der Waals surface area contributed by atoms with Crippen molar-refractivity contribution in [2.75, 3.05) is 6.54 Å². The average Bonchev–Trinajstić information content (AvgIpc) is 2.52. The Kier molecular flexibility index (Phi) is 3.04. The number of aromatic nitrogens is 2. The molecule has 1 heterocycles. The van der Waals surface area contributed by atoms with Gasteiger partial charge in [-0.3, -0.25) is 0 Å². The van der Waals surface area contributed by atoms with Crippen LogP contribution in [0.3, 0.4) is 0 Å². The summed E-state index contributed by atoms with van der Waals surface area (Å²) in [7, 11) is 0. The van der Waals surface area contributed by atoms with Gasteiger partial charge in [-0.05, 0) is 6.42 Å². The first-order valence-corrected chi connectivity index (χ1v) is 4.02. The molecule has 0 atom stereocenters. The fourth-order valence-corrected chi connectivity index (χ4v) is 0.928. The van der Waals surface area contributed by atoms with Gasteiger partial charge in [0.05, 0.1) is 18.2 Å². The first-order valence-electron chi connectivity index (χ1n) is 3.61. The SMILES string of the molecule is CCCNC(=S)c1cnc[nH]1. The van der Waals surface area contributed by atoms with E-state index in [2.05, 4.69) is 22.2 Å². The summed E-state index contributed by atoms with van der Waals surface area (Å²) in [5.74, 6) is 0. The second-order valence-electron chi connectivity index (χ2n) is 2.22. The van der Waals surface area contributed by atoms with Gasteiger partial charge in [-0.15, -0.1) is 0 Å². The van der Waals surface area contributed by atoms with Crippen molar-refractivity contribution in [3.8, 4) is 0 Å². The van der Waals surface area contributed by atoms with Crippen LogP contribution in [0.15, 0.2) is 12.5 Å². The number of aromatic amines is 1. The summed E-state index contributed by atoms with van der Waals surface area (Å²) in [4.78, 5) is 7.54. The number of hydrogen-bond donors (Lipinski definition) is 2. The molecule has 0 saturated heterocycles. The van der Waals surface area contributed by atoms with Crippen LogP contribution in [0.4, 0.5) is 0 Å². The topological polar surface area (TPSA) is 40.7 Å². The maximum Gasteiger partial charge on any atom is 0.124 e. The molecular weight excluding hydrogens is 158 g/mol. The molecule has 0 bridgehead atoms. The number of nitrogens with one attached hydrogen (secondary N) is 2. The third-order valence-corrected chi connectivity index (χ3v) is 1.64. The summed E-state index contributed by atoms with van der Waals surface area (Å²) < 4.78 is 0. The number of H-pyrrole nitrogens is 1. The molecular formula is C7H11N3S. The average molecular weight is 169 g/mol. The Labute approximate surface area is 71.2 Å². The molecule has 0 aromatic carbocycles. The maximum absolute atomic E-state index is 5.06. The van der Waals surface area contributed by atoms with Crippen LogP contribution in [0.1, 0.15) is 19.0 Å². The van der Waals surface area contributed by atoms with Crippen molar-refractivity contribution in [1.82, 2.24) is 15.3 Å². The van der Waals surface area contributed by atoms with Gasteiger partial charge < -0.3 is 10.3 Å². The van der Waals surface area contributed by atoms with Crippen molar-refractivity contribution in [2.45, 2.75) is 13.3 Å². The quantitative estimate of drug-likeness (QED) is 0.665. The summed E-state index contributed by atoms with van der Waals surface area (Å²) in [5, 5.41) is 3.09. The smallest absolute Gasteiger partial charge is 0.124 e. The molecule has 0 amide bonds. The zero-order chi connectivity index (χ0) is 8.10. The molecule has 0 aliphatic rings. The normalized spacial score (nSPS) is 9.55. The Morgan fingerprint density at radius 1 is 1.82 bits per heavy atom. The molecule has 1 aromatic heterocycles. The second kappa shape index (κ2) is 4.08. The summed E-state index contributed by atoms with van der Waals surface area (Å²) in [6.07, 6.45) is 4.41. The van der Waals surface area contributed by atoms with E-state index in [1.807, 2.05) is 0 Å². The molecule has 1 aromatic rings. The first kappa shape index (κ1) is 8.20. The van der Waals surface area contributed by atoms with Crippen LogP contribution >= 0.6 is 12.2 Å². The molecule has 1 rings (SSSR count). The maximum atomic E-state index is 5.06. The van der Waals surface area contributed by atoms with E-state index < -0.39 is 0 Å². The molecule has 0 unspecified atom stereocenters. The van der Waals surface area contributed by atoms with E-state index in [0.717, 1.165) is 23.6 Å². The van der Waals surface area contributed by atoms with Gasteiger partial charge >= 0.3 is 0 Å². The van der Waals surface area contributed by atoms with E-state index in [-0.39, 0.29) is 0 Å². The molecule has 0 aliphatic heterocycles. The van der Waals surface area contributed by atoms with Crippen molar-refractivity contribution in [3.05, 3.63) is 18.2 Å². The van der Waals surface area contributed by atoms with Crippen LogP contribution in [-0.4, -0.2) is 21.5 Å². The monoisotopic (exact) mass is 169 g/mol. The largest absolute Gasteiger partial charge is 0.375 e. The van der Waals surface area contributed by atoms with Gasteiger partial charge in [-0.25, -0.2) is 4.98 Å². The third kappa shape index (κ3) is 2.31. The van der Waals surface area contributed by atoms with Crippen LogP contribution in [0, 0.1) is 0 Å². The molecule has 0 saturated carbocycles. The molecule has 3 nitrogen and oxygen atoms in total. The van der Waals surface area contributed by atoms with Gasteiger partial charge in [0.15, 0.2) is 0 Å². The lowest BCUT2D eigenvalue weighted by Gasteiger charge is -2.02. The Morgan fingerprint density at radius 2 is 2.64 bits per heavy atom. The molecule has 0 radical (unpaired) electrons. The number of thiocarbonyl (C=S) groups is 1. The first-order chi connectivity index (χ1) is 5.34. The van der Waals surface area contributed by atoms with E-state index in [9.17, 15) is 0 Å². The minimum Gasteiger partial charge on any atom is -0.375 e. The predicted molar refractivity (Wildman–Crippen MR) is 48.6 cm³/mol. The van der Waals surface area contributed by atoms with Gasteiger partial charge in [0, 0.05) is 6.54 Å². The molecule has 0 spiro atoms. The molecule has 4 heteroatoms. The Hall–Kier alpha value is -0.900. The lowest BCUT2D eigenvalue weighted by atomic mass is 10.4. The van der Waals surface area contributed by atoms with Crippen molar-refractivity contribution < 1.29 is 0 Å². The van der Waals surface area contributed by atoms with Gasteiger partial charge in [-0.2, -0.15) is 0 Å². The Morgan fingerprint density at radius 3 is 3.18 bits per heavy atom. The summed E-state index contributed by atoms with van der Waals surface area (Å²) in [6, 6.07) is 0. The van der Waals surface area contributed by atoms with E-state index in [4.69, 9.17) is 12.2 Å². The standard InChI is InChI=1S/C7H11N3S/c1-2-3-9-7(11)6-4-8-5-10-6/h4-5H,2-3H2,1H3,(H,8,10)(H,9,11). The lowest BCUT2D eigenvalue weighted by molar-refractivity contribution is 0.846. The lowest BCUT2D eigenvalue weighted by Crippen LogP contribution is -2.23. The van der Waals surface area contributed by atoms with E-state index in [1.54, 1.807) is 12.5 Å². The fraction of sp³-hybridized carbons (Fsp3) is 0.429. The minimum atomic E-state index is 0.740. The number of nitrogens with zero attached hydrogens (tertiary/aromatic N) is 1. The highest BCUT2D eigenvalue weighted by Gasteiger charge is 1.98. The fourth-order valence-electron chi connectivity index (χ4n) is 0.714. The highest BCUT2D eigenvalue weighted by Crippen LogP contribution is 1.91. The predicted octanol–water partition coefficient (Wildman–Crippen LogP) is 1.08. The Bertz CT molecular complexity index is 218. The van der Waals surface area contributed by atoms with E-state index >= 15 is 0 Å². The number of rotatable bonds is 3. The van der Waals surface area contributed by atoms with E-state index in [1.165, 1.54) is 0 Å². The molecule has 2 N–H and O–H groups in total. The minimum absolute atomic E-state index is 0.740. The van der Waals surface area contributed by atoms with Gasteiger partial charge in [0.25, 0.3) is 0 Å². The van der Waals surface area contributed by atoms with Gasteiger partial charge in [0.2, 0.25) is 0 Å².